The number of carbonyl (C=O) groups is 1. The van der Waals surface area contributed by atoms with E-state index in [1.807, 2.05) is 19.0 Å². The Hall–Kier alpha value is -2.21. The van der Waals surface area contributed by atoms with Crippen LogP contribution in [0.15, 0.2) is 35.2 Å². The number of esters is 1. The molecule has 0 saturated carbocycles. The summed E-state index contributed by atoms with van der Waals surface area (Å²) in [6.45, 7) is 0.243. The highest BCUT2D eigenvalue weighted by atomic mass is 32.2. The Morgan fingerprint density at radius 3 is 2.34 bits per heavy atom. The van der Waals surface area contributed by atoms with Gasteiger partial charge in [0.25, 0.3) is 0 Å². The van der Waals surface area contributed by atoms with Crippen molar-refractivity contribution in [1.29, 1.82) is 0 Å². The fraction of sp³-hybridized carbons (Fsp3) is 0.333. The third-order valence-electron chi connectivity index (χ3n) is 3.85. The Bertz CT molecular complexity index is 1070. The fourth-order valence-electron chi connectivity index (χ4n) is 2.30. The molecule has 0 fully saturated rings. The van der Waals surface area contributed by atoms with Gasteiger partial charge in [0.05, 0.1) is 9.60 Å². The molecule has 11 heteroatoms. The number of aromatic nitrogens is 1. The zero-order valence-corrected chi connectivity index (χ0v) is 18.9. The van der Waals surface area contributed by atoms with Gasteiger partial charge in [-0.15, -0.1) is 11.3 Å². The van der Waals surface area contributed by atoms with Crippen LogP contribution in [0.4, 0.5) is 5.13 Å². The summed E-state index contributed by atoms with van der Waals surface area (Å²) in [6.07, 6.45) is 0. The summed E-state index contributed by atoms with van der Waals surface area (Å²) in [7, 11) is 3.32. The summed E-state index contributed by atoms with van der Waals surface area (Å²) in [4.78, 5) is 20.1. The van der Waals surface area contributed by atoms with Crippen molar-refractivity contribution >= 4 is 53.3 Å². The first-order valence-electron chi connectivity index (χ1n) is 8.58. The minimum absolute atomic E-state index is 0.0819. The Morgan fingerprint density at radius 1 is 1.07 bits per heavy atom. The molecule has 2 heterocycles. The van der Waals surface area contributed by atoms with Crippen LogP contribution in [0.25, 0.3) is 9.53 Å². The van der Waals surface area contributed by atoms with E-state index < -0.39 is 16.0 Å². The molecule has 156 valence electrons. The van der Waals surface area contributed by atoms with E-state index in [0.717, 1.165) is 19.0 Å². The minimum atomic E-state index is -3.47. The first kappa shape index (κ1) is 21.5. The van der Waals surface area contributed by atoms with Gasteiger partial charge in [0.1, 0.15) is 28.7 Å². The third-order valence-corrected chi connectivity index (χ3v) is 7.99. The molecular weight excluding hydrogens is 434 g/mol. The molecule has 0 aliphatic heterocycles. The van der Waals surface area contributed by atoms with Crippen LogP contribution in [0.5, 0.6) is 5.75 Å². The van der Waals surface area contributed by atoms with Gasteiger partial charge in [-0.3, -0.25) is 0 Å². The van der Waals surface area contributed by atoms with Crippen LogP contribution in [0.2, 0.25) is 0 Å². The lowest BCUT2D eigenvalue weighted by Crippen LogP contribution is -2.22. The number of anilines is 1. The van der Waals surface area contributed by atoms with E-state index in [1.54, 1.807) is 18.2 Å². The highest BCUT2D eigenvalue weighted by Gasteiger charge is 2.17. The molecule has 0 aliphatic carbocycles. The van der Waals surface area contributed by atoms with Gasteiger partial charge in [-0.25, -0.2) is 22.5 Å². The zero-order valence-electron chi connectivity index (χ0n) is 16.4. The summed E-state index contributed by atoms with van der Waals surface area (Å²) < 4.78 is 36.9. The number of thiazole rings is 1. The topological polar surface area (TPSA) is 89.0 Å². The number of ether oxygens (including phenoxy) is 2. The molecule has 0 N–H and O–H groups in total. The highest BCUT2D eigenvalue weighted by molar-refractivity contribution is 7.89. The molecule has 0 bridgehead atoms. The van der Waals surface area contributed by atoms with Crippen LogP contribution in [0.1, 0.15) is 9.67 Å². The van der Waals surface area contributed by atoms with Crippen molar-refractivity contribution in [3.05, 3.63) is 35.2 Å². The Kier molecular flexibility index (Phi) is 6.42. The van der Waals surface area contributed by atoms with E-state index in [-0.39, 0.29) is 18.1 Å². The molecule has 0 atom stereocenters. The predicted octanol–water partition coefficient (Wildman–Crippen LogP) is 2.91. The molecule has 0 radical (unpaired) electrons. The van der Waals surface area contributed by atoms with Crippen molar-refractivity contribution in [1.82, 2.24) is 9.29 Å². The number of sulfonamides is 1. The standard InChI is InChI=1S/C18H21N3O5S3/c1-20(2)18-19-16-14(28-18)11-15(27-16)17(22)26-10-9-25-12-5-7-13(8-6-12)29(23,24)21(3)4/h5-8,11H,9-10H2,1-4H3. The summed E-state index contributed by atoms with van der Waals surface area (Å²) in [5, 5.41) is 0.893. The predicted molar refractivity (Wildman–Crippen MR) is 115 cm³/mol. The van der Waals surface area contributed by atoms with Gasteiger partial charge < -0.3 is 14.4 Å². The van der Waals surface area contributed by atoms with E-state index in [9.17, 15) is 13.2 Å². The van der Waals surface area contributed by atoms with Crippen LogP contribution in [-0.4, -0.2) is 65.1 Å². The number of nitrogens with zero attached hydrogens (tertiary/aromatic N) is 3. The van der Waals surface area contributed by atoms with Crippen LogP contribution >= 0.6 is 22.7 Å². The van der Waals surface area contributed by atoms with E-state index >= 15 is 0 Å². The van der Waals surface area contributed by atoms with Crippen molar-refractivity contribution in [3.8, 4) is 5.75 Å². The van der Waals surface area contributed by atoms with Crippen LogP contribution in [-0.2, 0) is 14.8 Å². The molecule has 0 spiro atoms. The quantitative estimate of drug-likeness (QED) is 0.381. The molecule has 0 amide bonds. The molecule has 3 aromatic rings. The molecular formula is C18H21N3O5S3. The second-order valence-corrected chi connectivity index (χ2v) is 10.6. The smallest absolute Gasteiger partial charge is 0.348 e. The number of carbonyl (C=O) groups excluding carboxylic acids is 1. The van der Waals surface area contributed by atoms with E-state index in [2.05, 4.69) is 4.98 Å². The van der Waals surface area contributed by atoms with Gasteiger partial charge in [0.2, 0.25) is 10.0 Å². The zero-order chi connectivity index (χ0) is 21.2. The van der Waals surface area contributed by atoms with Gasteiger partial charge >= 0.3 is 5.97 Å². The van der Waals surface area contributed by atoms with Gasteiger partial charge in [-0.1, -0.05) is 11.3 Å². The number of rotatable bonds is 8. The summed E-state index contributed by atoms with van der Waals surface area (Å²) in [5.74, 6) is 0.0819. The van der Waals surface area contributed by atoms with Crippen molar-refractivity contribution < 1.29 is 22.7 Å². The van der Waals surface area contributed by atoms with Crippen LogP contribution in [0.3, 0.4) is 0 Å². The fourth-order valence-corrected chi connectivity index (χ4v) is 5.23. The molecule has 0 unspecified atom stereocenters. The van der Waals surface area contributed by atoms with Crippen molar-refractivity contribution in [2.45, 2.75) is 4.90 Å². The number of benzene rings is 1. The van der Waals surface area contributed by atoms with Gasteiger partial charge in [0, 0.05) is 28.2 Å². The molecule has 1 aromatic carbocycles. The summed E-state index contributed by atoms with van der Waals surface area (Å²) >= 11 is 2.82. The van der Waals surface area contributed by atoms with Crippen molar-refractivity contribution in [2.75, 3.05) is 46.3 Å². The molecule has 0 aliphatic rings. The lowest BCUT2D eigenvalue weighted by atomic mass is 10.3. The number of fused-ring (bicyclic) bond motifs is 1. The number of hydrogen-bond acceptors (Lipinski definition) is 9. The average Bonchev–Trinajstić information content (AvgIpc) is 3.24. The number of hydrogen-bond donors (Lipinski definition) is 0. The average molecular weight is 456 g/mol. The second-order valence-electron chi connectivity index (χ2n) is 6.41. The van der Waals surface area contributed by atoms with Gasteiger partial charge in [-0.2, -0.15) is 0 Å². The Labute approximate surface area is 177 Å². The maximum absolute atomic E-state index is 12.2. The molecule has 0 saturated heterocycles. The van der Waals surface area contributed by atoms with Crippen LogP contribution < -0.4 is 9.64 Å². The summed E-state index contributed by atoms with van der Waals surface area (Å²) in [6, 6.07) is 7.88. The third kappa shape index (κ3) is 4.86. The molecule has 29 heavy (non-hydrogen) atoms. The van der Waals surface area contributed by atoms with Gasteiger partial charge in [-0.05, 0) is 30.3 Å². The second kappa shape index (κ2) is 8.66. The van der Waals surface area contributed by atoms with E-state index in [1.165, 1.54) is 48.9 Å². The van der Waals surface area contributed by atoms with E-state index in [0.29, 0.717) is 10.6 Å². The van der Waals surface area contributed by atoms with Crippen molar-refractivity contribution in [2.24, 2.45) is 0 Å². The molecule has 8 nitrogen and oxygen atoms in total. The largest absolute Gasteiger partial charge is 0.490 e. The SMILES string of the molecule is CN(C)c1nc2sc(C(=O)OCCOc3ccc(S(=O)(=O)N(C)C)cc3)cc2s1. The summed E-state index contributed by atoms with van der Waals surface area (Å²) in [5.41, 5.74) is 0. The minimum Gasteiger partial charge on any atom is -0.490 e. The first-order chi connectivity index (χ1) is 13.7. The van der Waals surface area contributed by atoms with Crippen molar-refractivity contribution in [3.63, 3.8) is 0 Å². The monoisotopic (exact) mass is 455 g/mol. The first-order valence-corrected chi connectivity index (χ1v) is 11.7. The van der Waals surface area contributed by atoms with Gasteiger partial charge in [0.15, 0.2) is 5.13 Å². The van der Waals surface area contributed by atoms with E-state index in [4.69, 9.17) is 9.47 Å². The maximum Gasteiger partial charge on any atom is 0.348 e. The lowest BCUT2D eigenvalue weighted by molar-refractivity contribution is 0.0456. The highest BCUT2D eigenvalue weighted by Crippen LogP contribution is 2.34. The number of thiophene rings is 1. The van der Waals surface area contributed by atoms with Crippen LogP contribution in [0, 0.1) is 0 Å². The Balaban J connectivity index is 1.50. The Morgan fingerprint density at radius 2 is 1.76 bits per heavy atom. The lowest BCUT2D eigenvalue weighted by Gasteiger charge is -2.12. The normalized spacial score (nSPS) is 11.8. The maximum atomic E-state index is 12.2. The molecule has 2 aromatic heterocycles. The molecule has 3 rings (SSSR count).